The lowest BCUT2D eigenvalue weighted by Crippen LogP contribution is -2.26. The molecule has 5 nitrogen and oxygen atoms in total. The number of thiazole rings is 1. The lowest BCUT2D eigenvalue weighted by atomic mass is 10.2. The molecule has 0 radical (unpaired) electrons. The molecule has 2 aromatic carbocycles. The Kier molecular flexibility index (Phi) is 4.49. The maximum Gasteiger partial charge on any atom is 0.257 e. The molecule has 4 rings (SSSR count). The molecular weight excluding hydrogens is 356 g/mol. The minimum atomic E-state index is -0.0495. The van der Waals surface area contributed by atoms with E-state index in [0.29, 0.717) is 12.1 Å². The van der Waals surface area contributed by atoms with E-state index in [2.05, 4.69) is 16.1 Å². The van der Waals surface area contributed by atoms with Gasteiger partial charge in [-0.05, 0) is 37.6 Å². The van der Waals surface area contributed by atoms with Gasteiger partial charge >= 0.3 is 0 Å². The number of benzene rings is 2. The van der Waals surface area contributed by atoms with Gasteiger partial charge in [0.2, 0.25) is 0 Å². The van der Waals surface area contributed by atoms with Gasteiger partial charge in [-0.2, -0.15) is 5.10 Å². The molecule has 0 saturated carbocycles. The van der Waals surface area contributed by atoms with Crippen molar-refractivity contribution < 1.29 is 4.79 Å². The van der Waals surface area contributed by atoms with Gasteiger partial charge in [0.15, 0.2) is 0 Å². The second-order valence-electron chi connectivity index (χ2n) is 6.58. The van der Waals surface area contributed by atoms with Crippen LogP contribution in [0, 0.1) is 13.8 Å². The number of amides is 1. The van der Waals surface area contributed by atoms with E-state index in [4.69, 9.17) is 0 Å². The number of aromatic nitrogens is 3. The average molecular weight is 376 g/mol. The van der Waals surface area contributed by atoms with E-state index in [1.807, 2.05) is 61.0 Å². The average Bonchev–Trinajstić information content (AvgIpc) is 3.24. The van der Waals surface area contributed by atoms with Gasteiger partial charge in [-0.1, -0.05) is 30.3 Å². The Bertz CT molecular complexity index is 1100. The minimum Gasteiger partial charge on any atom is -0.335 e. The summed E-state index contributed by atoms with van der Waals surface area (Å²) >= 11 is 1.62. The summed E-state index contributed by atoms with van der Waals surface area (Å²) in [6, 6.07) is 16.0. The molecule has 0 aliphatic heterocycles. The standard InChI is InChI=1S/C21H20N4OS/c1-14-8-4-6-10-18(14)25-15(2)16(12-22-25)21(26)24(3)13-20-23-17-9-5-7-11-19(17)27-20/h4-12H,13H2,1-3H3. The Hall–Kier alpha value is -2.99. The molecule has 0 unspecified atom stereocenters. The summed E-state index contributed by atoms with van der Waals surface area (Å²) in [6.45, 7) is 4.45. The molecule has 0 spiro atoms. The molecule has 0 aliphatic rings. The largest absolute Gasteiger partial charge is 0.335 e. The van der Waals surface area contributed by atoms with Crippen molar-refractivity contribution in [2.75, 3.05) is 7.05 Å². The van der Waals surface area contributed by atoms with E-state index in [0.717, 1.165) is 32.2 Å². The molecule has 0 atom stereocenters. The Labute approximate surface area is 161 Å². The molecular formula is C21H20N4OS. The predicted molar refractivity (Wildman–Crippen MR) is 108 cm³/mol. The highest BCUT2D eigenvalue weighted by atomic mass is 32.1. The van der Waals surface area contributed by atoms with Gasteiger partial charge < -0.3 is 4.90 Å². The third-order valence-electron chi connectivity index (χ3n) is 4.64. The van der Waals surface area contributed by atoms with Crippen LogP contribution in [-0.4, -0.2) is 32.6 Å². The van der Waals surface area contributed by atoms with Crippen LogP contribution >= 0.6 is 11.3 Å². The lowest BCUT2D eigenvalue weighted by molar-refractivity contribution is 0.0784. The summed E-state index contributed by atoms with van der Waals surface area (Å²) in [5.74, 6) is -0.0495. The van der Waals surface area contributed by atoms with E-state index < -0.39 is 0 Å². The van der Waals surface area contributed by atoms with Crippen LogP contribution in [0.1, 0.15) is 26.6 Å². The first-order valence-corrected chi connectivity index (χ1v) is 9.57. The zero-order valence-corrected chi connectivity index (χ0v) is 16.3. The van der Waals surface area contributed by atoms with Gasteiger partial charge in [0, 0.05) is 7.05 Å². The monoisotopic (exact) mass is 376 g/mol. The Morgan fingerprint density at radius 3 is 2.63 bits per heavy atom. The number of hydrogen-bond acceptors (Lipinski definition) is 4. The molecule has 0 N–H and O–H groups in total. The molecule has 0 fully saturated rings. The third-order valence-corrected chi connectivity index (χ3v) is 5.66. The quantitative estimate of drug-likeness (QED) is 0.531. The van der Waals surface area contributed by atoms with Gasteiger partial charge in [-0.3, -0.25) is 4.79 Å². The smallest absolute Gasteiger partial charge is 0.257 e. The van der Waals surface area contributed by atoms with Crippen LogP contribution in [0.15, 0.2) is 54.7 Å². The molecule has 2 heterocycles. The van der Waals surface area contributed by atoms with Crippen LogP contribution in [0.25, 0.3) is 15.9 Å². The molecule has 0 saturated heterocycles. The van der Waals surface area contributed by atoms with Crippen molar-refractivity contribution in [3.05, 3.63) is 76.6 Å². The predicted octanol–water partition coefficient (Wildman–Crippen LogP) is 4.37. The van der Waals surface area contributed by atoms with Crippen LogP contribution in [-0.2, 0) is 6.54 Å². The van der Waals surface area contributed by atoms with Gasteiger partial charge in [0.05, 0.1) is 39.9 Å². The molecule has 2 aromatic heterocycles. The Morgan fingerprint density at radius 1 is 1.11 bits per heavy atom. The maximum absolute atomic E-state index is 13.0. The van der Waals surface area contributed by atoms with E-state index >= 15 is 0 Å². The first-order chi connectivity index (χ1) is 13.0. The molecule has 6 heteroatoms. The third kappa shape index (κ3) is 3.24. The van der Waals surface area contributed by atoms with Crippen molar-refractivity contribution in [1.29, 1.82) is 0 Å². The zero-order chi connectivity index (χ0) is 19.0. The summed E-state index contributed by atoms with van der Waals surface area (Å²) in [5.41, 5.74) is 4.53. The summed E-state index contributed by atoms with van der Waals surface area (Å²) in [5, 5.41) is 5.38. The summed E-state index contributed by atoms with van der Waals surface area (Å²) < 4.78 is 2.96. The number of rotatable bonds is 4. The highest BCUT2D eigenvalue weighted by Gasteiger charge is 2.20. The van der Waals surface area contributed by atoms with Gasteiger partial charge in [0.25, 0.3) is 5.91 Å². The Morgan fingerprint density at radius 2 is 1.85 bits per heavy atom. The SMILES string of the molecule is Cc1ccccc1-n1ncc(C(=O)N(C)Cc2nc3ccccc3s2)c1C. The fourth-order valence-electron chi connectivity index (χ4n) is 3.13. The number of para-hydroxylation sites is 2. The number of hydrogen-bond donors (Lipinski definition) is 0. The number of fused-ring (bicyclic) bond motifs is 1. The van der Waals surface area contributed by atoms with Crippen LogP contribution in [0.5, 0.6) is 0 Å². The van der Waals surface area contributed by atoms with Crippen LogP contribution in [0.2, 0.25) is 0 Å². The Balaban J connectivity index is 1.58. The number of aryl methyl sites for hydroxylation is 1. The van der Waals surface area contributed by atoms with Gasteiger partial charge in [-0.15, -0.1) is 11.3 Å². The van der Waals surface area contributed by atoms with Crippen molar-refractivity contribution in [3.8, 4) is 5.69 Å². The topological polar surface area (TPSA) is 51.0 Å². The molecule has 136 valence electrons. The second kappa shape index (κ2) is 6.96. The first kappa shape index (κ1) is 17.4. The minimum absolute atomic E-state index is 0.0495. The molecule has 0 aliphatic carbocycles. The summed E-state index contributed by atoms with van der Waals surface area (Å²) in [6.07, 6.45) is 1.65. The molecule has 1 amide bonds. The summed E-state index contributed by atoms with van der Waals surface area (Å²) in [7, 11) is 1.80. The van der Waals surface area contributed by atoms with Crippen LogP contribution in [0.3, 0.4) is 0 Å². The van der Waals surface area contributed by atoms with E-state index in [1.165, 1.54) is 0 Å². The van der Waals surface area contributed by atoms with E-state index in [-0.39, 0.29) is 5.91 Å². The number of carbonyl (C=O) groups is 1. The molecule has 0 bridgehead atoms. The first-order valence-electron chi connectivity index (χ1n) is 8.75. The van der Waals surface area contributed by atoms with Crippen molar-refractivity contribution in [3.63, 3.8) is 0 Å². The van der Waals surface area contributed by atoms with Crippen LogP contribution in [0.4, 0.5) is 0 Å². The highest BCUT2D eigenvalue weighted by Crippen LogP contribution is 2.23. The van der Waals surface area contributed by atoms with Crippen molar-refractivity contribution in [1.82, 2.24) is 19.7 Å². The zero-order valence-electron chi connectivity index (χ0n) is 15.5. The van der Waals surface area contributed by atoms with Crippen LogP contribution < -0.4 is 0 Å². The van der Waals surface area contributed by atoms with Gasteiger partial charge in [0.1, 0.15) is 5.01 Å². The normalized spacial score (nSPS) is 11.1. The van der Waals surface area contributed by atoms with Crippen molar-refractivity contribution in [2.24, 2.45) is 0 Å². The summed E-state index contributed by atoms with van der Waals surface area (Å²) in [4.78, 5) is 19.3. The van der Waals surface area contributed by atoms with Gasteiger partial charge in [-0.25, -0.2) is 9.67 Å². The van der Waals surface area contributed by atoms with E-state index in [9.17, 15) is 4.79 Å². The second-order valence-corrected chi connectivity index (χ2v) is 7.69. The fourth-order valence-corrected chi connectivity index (χ4v) is 4.15. The molecule has 4 aromatic rings. The number of nitrogens with zero attached hydrogens (tertiary/aromatic N) is 4. The molecule has 27 heavy (non-hydrogen) atoms. The maximum atomic E-state index is 13.0. The number of carbonyl (C=O) groups excluding carboxylic acids is 1. The fraction of sp³-hybridized carbons (Fsp3) is 0.190. The highest BCUT2D eigenvalue weighted by molar-refractivity contribution is 7.18. The van der Waals surface area contributed by atoms with Crippen molar-refractivity contribution >= 4 is 27.5 Å². The van der Waals surface area contributed by atoms with E-state index in [1.54, 1.807) is 29.5 Å². The lowest BCUT2D eigenvalue weighted by Gasteiger charge is -2.15. The van der Waals surface area contributed by atoms with Crippen molar-refractivity contribution in [2.45, 2.75) is 20.4 Å².